The Hall–Kier alpha value is -2.17. The second-order valence-corrected chi connectivity index (χ2v) is 3.48. The Balaban J connectivity index is 1.99. The van der Waals surface area contributed by atoms with E-state index in [-0.39, 0.29) is 5.75 Å². The van der Waals surface area contributed by atoms with Gasteiger partial charge in [-0.2, -0.15) is 0 Å². The van der Waals surface area contributed by atoms with E-state index < -0.39 is 0 Å². The Morgan fingerprint density at radius 2 is 2.06 bits per heavy atom. The third-order valence-corrected chi connectivity index (χ3v) is 2.19. The number of aromatic nitrogens is 2. The van der Waals surface area contributed by atoms with E-state index in [1.807, 2.05) is 13.2 Å². The van der Waals surface area contributed by atoms with E-state index in [0.29, 0.717) is 18.3 Å². The summed E-state index contributed by atoms with van der Waals surface area (Å²) in [5.74, 6) is 1.36. The quantitative estimate of drug-likeness (QED) is 0.815. The van der Waals surface area contributed by atoms with Crippen molar-refractivity contribution in [3.05, 3.63) is 36.2 Å². The summed E-state index contributed by atoms with van der Waals surface area (Å²) in [5.41, 5.74) is 6.36. The number of imidazole rings is 1. The van der Waals surface area contributed by atoms with E-state index in [1.165, 1.54) is 0 Å². The minimum atomic E-state index is 0.217. The molecule has 1 heterocycles. The van der Waals surface area contributed by atoms with Crippen LogP contribution in [0.15, 0.2) is 30.5 Å². The van der Waals surface area contributed by atoms with Crippen molar-refractivity contribution in [1.82, 2.24) is 9.55 Å². The molecular formula is C11H13N3O2. The van der Waals surface area contributed by atoms with Crippen molar-refractivity contribution in [2.24, 2.45) is 7.05 Å². The zero-order chi connectivity index (χ0) is 11.5. The monoisotopic (exact) mass is 219 g/mol. The molecule has 84 valence electrons. The van der Waals surface area contributed by atoms with Gasteiger partial charge >= 0.3 is 0 Å². The van der Waals surface area contributed by atoms with Crippen LogP contribution in [0.5, 0.6) is 11.5 Å². The third kappa shape index (κ3) is 2.25. The molecule has 0 aliphatic rings. The number of aromatic hydroxyl groups is 1. The summed E-state index contributed by atoms with van der Waals surface area (Å²) in [4.78, 5) is 4.11. The lowest BCUT2D eigenvalue weighted by Crippen LogP contribution is -1.96. The lowest BCUT2D eigenvalue weighted by molar-refractivity contribution is 0.301. The second-order valence-electron chi connectivity index (χ2n) is 3.48. The number of nitrogens with zero attached hydrogens (tertiary/aromatic N) is 2. The molecule has 2 aromatic rings. The van der Waals surface area contributed by atoms with E-state index in [0.717, 1.165) is 5.69 Å². The molecule has 0 saturated heterocycles. The predicted octanol–water partition coefficient (Wildman–Crippen LogP) is 1.29. The van der Waals surface area contributed by atoms with Gasteiger partial charge in [-0.15, -0.1) is 0 Å². The molecule has 0 aliphatic carbocycles. The summed E-state index contributed by atoms with van der Waals surface area (Å²) in [5, 5.41) is 9.09. The Kier molecular flexibility index (Phi) is 2.68. The maximum absolute atomic E-state index is 9.09. The Morgan fingerprint density at radius 3 is 2.62 bits per heavy atom. The molecule has 0 aliphatic heterocycles. The molecular weight excluding hydrogens is 206 g/mol. The molecule has 0 unspecified atom stereocenters. The van der Waals surface area contributed by atoms with Crippen LogP contribution in [-0.2, 0) is 13.7 Å². The van der Waals surface area contributed by atoms with Crippen molar-refractivity contribution >= 4 is 5.95 Å². The van der Waals surface area contributed by atoms with Crippen molar-refractivity contribution < 1.29 is 9.84 Å². The SMILES string of the molecule is Cn1cc(COc2ccc(O)cc2)nc1N. The fourth-order valence-electron chi connectivity index (χ4n) is 1.31. The van der Waals surface area contributed by atoms with Gasteiger partial charge in [-0.1, -0.05) is 0 Å². The van der Waals surface area contributed by atoms with E-state index in [9.17, 15) is 0 Å². The number of anilines is 1. The van der Waals surface area contributed by atoms with Crippen LogP contribution >= 0.6 is 0 Å². The first-order valence-electron chi connectivity index (χ1n) is 4.84. The van der Waals surface area contributed by atoms with Crippen LogP contribution in [0.3, 0.4) is 0 Å². The fraction of sp³-hybridized carbons (Fsp3) is 0.182. The number of rotatable bonds is 3. The largest absolute Gasteiger partial charge is 0.508 e. The van der Waals surface area contributed by atoms with Gasteiger partial charge in [0.15, 0.2) is 5.95 Å². The average Bonchev–Trinajstić information content (AvgIpc) is 2.58. The van der Waals surface area contributed by atoms with Gasteiger partial charge in [0.1, 0.15) is 18.1 Å². The number of hydrogen-bond donors (Lipinski definition) is 2. The first-order valence-corrected chi connectivity index (χ1v) is 4.84. The molecule has 1 aromatic carbocycles. The van der Waals surface area contributed by atoms with Gasteiger partial charge in [0.25, 0.3) is 0 Å². The molecule has 0 radical (unpaired) electrons. The molecule has 0 fully saturated rings. The topological polar surface area (TPSA) is 73.3 Å². The summed E-state index contributed by atoms with van der Waals surface area (Å²) in [7, 11) is 1.83. The Bertz CT molecular complexity index is 457. The number of aryl methyl sites for hydroxylation is 1. The number of nitrogens with two attached hydrogens (primary N) is 1. The van der Waals surface area contributed by atoms with Crippen LogP contribution in [-0.4, -0.2) is 14.7 Å². The highest BCUT2D eigenvalue weighted by Gasteiger charge is 2.02. The number of benzene rings is 1. The molecule has 5 heteroatoms. The van der Waals surface area contributed by atoms with Crippen molar-refractivity contribution in [3.8, 4) is 11.5 Å². The van der Waals surface area contributed by atoms with Gasteiger partial charge < -0.3 is 20.1 Å². The minimum absolute atomic E-state index is 0.217. The molecule has 1 aromatic heterocycles. The summed E-state index contributed by atoms with van der Waals surface area (Å²) in [6.07, 6.45) is 1.82. The molecule has 0 amide bonds. The first kappa shape index (κ1) is 10.4. The van der Waals surface area contributed by atoms with Crippen LogP contribution in [0.2, 0.25) is 0 Å². The van der Waals surface area contributed by atoms with Crippen molar-refractivity contribution in [3.63, 3.8) is 0 Å². The second kappa shape index (κ2) is 4.14. The van der Waals surface area contributed by atoms with Crippen LogP contribution in [0.4, 0.5) is 5.95 Å². The maximum atomic E-state index is 9.09. The highest BCUT2D eigenvalue weighted by atomic mass is 16.5. The van der Waals surface area contributed by atoms with Gasteiger partial charge in [0, 0.05) is 13.2 Å². The molecule has 2 rings (SSSR count). The molecule has 3 N–H and O–H groups in total. The molecule has 16 heavy (non-hydrogen) atoms. The molecule has 0 spiro atoms. The van der Waals surface area contributed by atoms with E-state index >= 15 is 0 Å². The smallest absolute Gasteiger partial charge is 0.200 e. The predicted molar refractivity (Wildman–Crippen MR) is 60.1 cm³/mol. The normalized spacial score (nSPS) is 10.3. The summed E-state index contributed by atoms with van der Waals surface area (Å²) in [6, 6.07) is 6.54. The van der Waals surface area contributed by atoms with Crippen LogP contribution in [0, 0.1) is 0 Å². The summed E-state index contributed by atoms with van der Waals surface area (Å²) >= 11 is 0. The first-order chi connectivity index (χ1) is 7.65. The number of ether oxygens (including phenoxy) is 1. The molecule has 0 atom stereocenters. The molecule has 5 nitrogen and oxygen atoms in total. The number of nitrogen functional groups attached to an aromatic ring is 1. The van der Waals surface area contributed by atoms with Crippen LogP contribution < -0.4 is 10.5 Å². The zero-order valence-corrected chi connectivity index (χ0v) is 8.92. The van der Waals surface area contributed by atoms with Gasteiger partial charge in [-0.25, -0.2) is 4.98 Å². The van der Waals surface area contributed by atoms with E-state index in [1.54, 1.807) is 28.8 Å². The standard InChI is InChI=1S/C11H13N3O2/c1-14-6-8(13-11(14)12)7-16-10-4-2-9(15)3-5-10/h2-6,15H,7H2,1H3,(H2,12,13). The van der Waals surface area contributed by atoms with Crippen molar-refractivity contribution in [1.29, 1.82) is 0 Å². The van der Waals surface area contributed by atoms with Crippen LogP contribution in [0.25, 0.3) is 0 Å². The van der Waals surface area contributed by atoms with E-state index in [4.69, 9.17) is 15.6 Å². The van der Waals surface area contributed by atoms with E-state index in [2.05, 4.69) is 4.98 Å². The van der Waals surface area contributed by atoms with Gasteiger partial charge in [0.05, 0.1) is 5.69 Å². The Morgan fingerprint density at radius 1 is 1.38 bits per heavy atom. The van der Waals surface area contributed by atoms with Gasteiger partial charge in [0.2, 0.25) is 0 Å². The van der Waals surface area contributed by atoms with Gasteiger partial charge in [-0.05, 0) is 24.3 Å². The highest BCUT2D eigenvalue weighted by Crippen LogP contribution is 2.17. The van der Waals surface area contributed by atoms with Crippen molar-refractivity contribution in [2.45, 2.75) is 6.61 Å². The molecule has 0 saturated carbocycles. The van der Waals surface area contributed by atoms with Gasteiger partial charge in [-0.3, -0.25) is 0 Å². The zero-order valence-electron chi connectivity index (χ0n) is 8.92. The lowest BCUT2D eigenvalue weighted by atomic mass is 10.3. The maximum Gasteiger partial charge on any atom is 0.200 e. The molecule has 0 bridgehead atoms. The average molecular weight is 219 g/mol. The number of phenolic OH excluding ortho intramolecular Hbond substituents is 1. The summed E-state index contributed by atoms with van der Waals surface area (Å²) in [6.45, 7) is 0.357. The third-order valence-electron chi connectivity index (χ3n) is 2.19. The number of phenols is 1. The van der Waals surface area contributed by atoms with Crippen molar-refractivity contribution in [2.75, 3.05) is 5.73 Å². The minimum Gasteiger partial charge on any atom is -0.508 e. The number of hydrogen-bond acceptors (Lipinski definition) is 4. The fourth-order valence-corrected chi connectivity index (χ4v) is 1.31. The Labute approximate surface area is 93.1 Å². The lowest BCUT2D eigenvalue weighted by Gasteiger charge is -2.03. The summed E-state index contributed by atoms with van der Waals surface area (Å²) < 4.78 is 7.20. The highest BCUT2D eigenvalue weighted by molar-refractivity contribution is 5.30. The van der Waals surface area contributed by atoms with Crippen LogP contribution in [0.1, 0.15) is 5.69 Å².